The molecule has 0 bridgehead atoms. The predicted octanol–water partition coefficient (Wildman–Crippen LogP) is 4.68. The zero-order chi connectivity index (χ0) is 15.2. The predicted molar refractivity (Wildman–Crippen MR) is 89.6 cm³/mol. The first-order chi connectivity index (χ1) is 9.12. The standard InChI is InChI=1S/C16H26O2SSi/c1-9-10(2)13-14(11(3)12(9)16(4,5)6)19-15(17-13)18-20(7)8/h15,20H,1-8H3. The molecule has 0 saturated carbocycles. The molecule has 20 heavy (non-hydrogen) atoms. The highest BCUT2D eigenvalue weighted by Gasteiger charge is 2.33. The van der Waals surface area contributed by atoms with E-state index in [4.69, 9.17) is 9.16 Å². The highest BCUT2D eigenvalue weighted by atomic mass is 32.2. The smallest absolute Gasteiger partial charge is 0.245 e. The van der Waals surface area contributed by atoms with Crippen LogP contribution in [0.25, 0.3) is 0 Å². The molecule has 0 aromatic heterocycles. The number of benzene rings is 1. The van der Waals surface area contributed by atoms with Crippen molar-refractivity contribution in [3.8, 4) is 5.75 Å². The molecular weight excluding hydrogens is 284 g/mol. The first-order valence-corrected chi connectivity index (χ1v) is 10.9. The van der Waals surface area contributed by atoms with Crippen LogP contribution >= 0.6 is 11.8 Å². The Labute approximate surface area is 129 Å². The minimum Gasteiger partial charge on any atom is -0.454 e. The lowest BCUT2D eigenvalue weighted by Gasteiger charge is -2.27. The van der Waals surface area contributed by atoms with Crippen molar-refractivity contribution in [1.29, 1.82) is 0 Å². The number of fused-ring (bicyclic) bond motifs is 1. The molecular formula is C16H26O2SSi. The largest absolute Gasteiger partial charge is 0.454 e. The summed E-state index contributed by atoms with van der Waals surface area (Å²) in [4.78, 5) is 1.28. The lowest BCUT2D eigenvalue weighted by atomic mass is 9.79. The molecule has 0 spiro atoms. The maximum Gasteiger partial charge on any atom is 0.245 e. The van der Waals surface area contributed by atoms with Crippen molar-refractivity contribution < 1.29 is 9.16 Å². The summed E-state index contributed by atoms with van der Waals surface area (Å²) < 4.78 is 12.0. The Morgan fingerprint density at radius 2 is 1.65 bits per heavy atom. The van der Waals surface area contributed by atoms with Gasteiger partial charge in [-0.3, -0.25) is 0 Å². The Hall–Kier alpha value is -0.453. The van der Waals surface area contributed by atoms with E-state index in [0.717, 1.165) is 5.75 Å². The fraction of sp³-hybridized carbons (Fsp3) is 0.625. The zero-order valence-corrected chi connectivity index (χ0v) is 15.9. The van der Waals surface area contributed by atoms with E-state index in [1.165, 1.54) is 27.1 Å². The Morgan fingerprint density at radius 1 is 1.05 bits per heavy atom. The number of rotatable bonds is 2. The van der Waals surface area contributed by atoms with E-state index in [-0.39, 0.29) is 11.0 Å². The van der Waals surface area contributed by atoms with Crippen LogP contribution in [0.2, 0.25) is 13.1 Å². The average Bonchev–Trinajstić information content (AvgIpc) is 2.67. The van der Waals surface area contributed by atoms with Gasteiger partial charge in [0.2, 0.25) is 5.62 Å². The van der Waals surface area contributed by atoms with Crippen LogP contribution in [0.15, 0.2) is 4.90 Å². The molecule has 2 rings (SSSR count). The monoisotopic (exact) mass is 310 g/mol. The van der Waals surface area contributed by atoms with E-state index in [2.05, 4.69) is 54.6 Å². The SMILES string of the molecule is Cc1c(C)c(C(C)(C)C)c(C)c2c1OC(O[SiH](C)C)S2. The Balaban J connectivity index is 2.50. The molecule has 1 aliphatic rings. The van der Waals surface area contributed by atoms with E-state index >= 15 is 0 Å². The first-order valence-electron chi connectivity index (χ1n) is 7.26. The summed E-state index contributed by atoms with van der Waals surface area (Å²) in [6.45, 7) is 17.8. The maximum atomic E-state index is 6.05. The van der Waals surface area contributed by atoms with Crippen LogP contribution in [0.5, 0.6) is 5.75 Å². The van der Waals surface area contributed by atoms with Gasteiger partial charge in [-0.05, 0) is 73.3 Å². The second-order valence-electron chi connectivity index (χ2n) is 6.87. The van der Waals surface area contributed by atoms with Crippen molar-refractivity contribution in [1.82, 2.24) is 0 Å². The van der Waals surface area contributed by atoms with Crippen molar-refractivity contribution in [3.63, 3.8) is 0 Å². The van der Waals surface area contributed by atoms with Gasteiger partial charge in [0.25, 0.3) is 0 Å². The third kappa shape index (κ3) is 2.78. The van der Waals surface area contributed by atoms with Crippen LogP contribution in [0, 0.1) is 20.8 Å². The van der Waals surface area contributed by atoms with Gasteiger partial charge in [-0.15, -0.1) is 0 Å². The van der Waals surface area contributed by atoms with Gasteiger partial charge < -0.3 is 9.16 Å². The fourth-order valence-corrected chi connectivity index (χ4v) is 5.31. The first kappa shape index (κ1) is 15.9. The second kappa shape index (κ2) is 5.39. The number of ether oxygens (including phenoxy) is 1. The van der Waals surface area contributed by atoms with Gasteiger partial charge in [0.1, 0.15) is 5.75 Å². The Kier molecular flexibility index (Phi) is 4.29. The van der Waals surface area contributed by atoms with Crippen molar-refractivity contribution >= 4 is 20.8 Å². The van der Waals surface area contributed by atoms with Crippen molar-refractivity contribution in [2.24, 2.45) is 0 Å². The molecule has 2 nitrogen and oxygen atoms in total. The van der Waals surface area contributed by atoms with Gasteiger partial charge in [0.05, 0.1) is 4.90 Å². The minimum atomic E-state index is -1.09. The molecule has 4 heteroatoms. The van der Waals surface area contributed by atoms with Crippen LogP contribution in [0.1, 0.15) is 43.0 Å². The molecule has 1 heterocycles. The second-order valence-corrected chi connectivity index (χ2v) is 10.3. The van der Waals surface area contributed by atoms with E-state index < -0.39 is 9.04 Å². The summed E-state index contributed by atoms with van der Waals surface area (Å²) in [5.74, 6) is 1.04. The van der Waals surface area contributed by atoms with Gasteiger partial charge in [-0.1, -0.05) is 20.8 Å². The third-order valence-corrected chi connectivity index (χ3v) is 5.88. The molecule has 112 valence electrons. The lowest BCUT2D eigenvalue weighted by Crippen LogP contribution is -2.20. The quantitative estimate of drug-likeness (QED) is 0.739. The summed E-state index contributed by atoms with van der Waals surface area (Å²) in [6.07, 6.45) is 0. The molecule has 1 aromatic rings. The molecule has 1 aliphatic heterocycles. The topological polar surface area (TPSA) is 18.5 Å². The molecule has 1 unspecified atom stereocenters. The molecule has 0 amide bonds. The lowest BCUT2D eigenvalue weighted by molar-refractivity contribution is 0.0894. The minimum absolute atomic E-state index is 0.149. The zero-order valence-electron chi connectivity index (χ0n) is 13.9. The highest BCUT2D eigenvalue weighted by Crippen LogP contribution is 2.49. The van der Waals surface area contributed by atoms with Crippen LogP contribution in [-0.4, -0.2) is 14.7 Å². The van der Waals surface area contributed by atoms with Gasteiger partial charge in [-0.2, -0.15) is 0 Å². The number of hydrogen-bond acceptors (Lipinski definition) is 3. The fourth-order valence-electron chi connectivity index (χ4n) is 3.00. The molecule has 0 radical (unpaired) electrons. The summed E-state index contributed by atoms with van der Waals surface area (Å²) in [5, 5.41) is 0. The summed E-state index contributed by atoms with van der Waals surface area (Å²) in [5.41, 5.74) is 5.43. The van der Waals surface area contributed by atoms with Crippen LogP contribution in [0.3, 0.4) is 0 Å². The van der Waals surface area contributed by atoms with Gasteiger partial charge in [0, 0.05) is 0 Å². The summed E-state index contributed by atoms with van der Waals surface area (Å²) in [7, 11) is -1.09. The molecule has 1 aromatic carbocycles. The number of hydrogen-bond donors (Lipinski definition) is 0. The Morgan fingerprint density at radius 3 is 2.15 bits per heavy atom. The number of thioether (sulfide) groups is 1. The highest BCUT2D eigenvalue weighted by molar-refractivity contribution is 8.00. The third-order valence-electron chi connectivity index (χ3n) is 3.76. The van der Waals surface area contributed by atoms with Gasteiger partial charge >= 0.3 is 0 Å². The molecule has 0 aliphatic carbocycles. The van der Waals surface area contributed by atoms with Crippen LogP contribution < -0.4 is 4.74 Å². The van der Waals surface area contributed by atoms with E-state index in [0.29, 0.717) is 0 Å². The van der Waals surface area contributed by atoms with Crippen molar-refractivity contribution in [2.45, 2.75) is 70.6 Å². The van der Waals surface area contributed by atoms with E-state index in [1.54, 1.807) is 11.8 Å². The van der Waals surface area contributed by atoms with Crippen molar-refractivity contribution in [3.05, 3.63) is 22.3 Å². The van der Waals surface area contributed by atoms with E-state index in [9.17, 15) is 0 Å². The van der Waals surface area contributed by atoms with Crippen LogP contribution in [0.4, 0.5) is 0 Å². The van der Waals surface area contributed by atoms with Gasteiger partial charge in [-0.25, -0.2) is 0 Å². The van der Waals surface area contributed by atoms with E-state index in [1.807, 2.05) is 0 Å². The molecule has 0 N–H and O–H groups in total. The molecule has 1 atom stereocenters. The maximum absolute atomic E-state index is 6.05. The van der Waals surface area contributed by atoms with Crippen LogP contribution in [-0.2, 0) is 9.84 Å². The molecule has 0 saturated heterocycles. The van der Waals surface area contributed by atoms with Crippen molar-refractivity contribution in [2.75, 3.05) is 0 Å². The summed E-state index contributed by atoms with van der Waals surface area (Å²) >= 11 is 1.73. The van der Waals surface area contributed by atoms with Gasteiger partial charge in [0.15, 0.2) is 9.04 Å². The Bertz CT molecular complexity index is 533. The molecule has 0 fully saturated rings. The summed E-state index contributed by atoms with van der Waals surface area (Å²) in [6, 6.07) is 0. The average molecular weight is 311 g/mol. The normalized spacial score (nSPS) is 18.4.